The number of piperazine rings is 1. The van der Waals surface area contributed by atoms with Gasteiger partial charge in [0.05, 0.1) is 6.10 Å². The summed E-state index contributed by atoms with van der Waals surface area (Å²) in [4.78, 5) is 25.6. The van der Waals surface area contributed by atoms with Crippen molar-refractivity contribution in [2.24, 2.45) is 0 Å². The Morgan fingerprint density at radius 2 is 2.24 bits per heavy atom. The molecule has 0 aromatic heterocycles. The van der Waals surface area contributed by atoms with Crippen LogP contribution >= 0.6 is 0 Å². The van der Waals surface area contributed by atoms with Crippen molar-refractivity contribution in [2.75, 3.05) is 13.2 Å². The minimum absolute atomic E-state index is 0.00644. The molecule has 2 rings (SSSR count). The lowest BCUT2D eigenvalue weighted by molar-refractivity contribution is -0.150. The topological polar surface area (TPSA) is 58.6 Å². The maximum atomic E-state index is 12.1. The fourth-order valence-corrected chi connectivity index (χ4v) is 2.55. The molecule has 2 heterocycles. The van der Waals surface area contributed by atoms with Gasteiger partial charge in [-0.25, -0.2) is 0 Å². The molecule has 0 aliphatic carbocycles. The van der Waals surface area contributed by atoms with E-state index in [4.69, 9.17) is 4.74 Å². The van der Waals surface area contributed by atoms with Gasteiger partial charge in [-0.1, -0.05) is 6.92 Å². The smallest absolute Gasteiger partial charge is 0.245 e. The van der Waals surface area contributed by atoms with E-state index in [1.807, 2.05) is 6.92 Å². The predicted octanol–water partition coefficient (Wildman–Crippen LogP) is 0.291. The first-order valence-electron chi connectivity index (χ1n) is 6.36. The van der Waals surface area contributed by atoms with Gasteiger partial charge in [-0.3, -0.25) is 9.59 Å². The van der Waals surface area contributed by atoms with Crippen molar-refractivity contribution in [3.05, 3.63) is 0 Å². The van der Waals surface area contributed by atoms with Gasteiger partial charge in [0.2, 0.25) is 11.8 Å². The summed E-state index contributed by atoms with van der Waals surface area (Å²) < 4.78 is 5.54. The van der Waals surface area contributed by atoms with Crippen molar-refractivity contribution in [3.63, 3.8) is 0 Å². The normalized spacial score (nSPS) is 34.0. The quantitative estimate of drug-likeness (QED) is 0.771. The molecule has 3 unspecified atom stereocenters. The number of nitrogens with one attached hydrogen (secondary N) is 1. The van der Waals surface area contributed by atoms with Crippen LogP contribution in [0.1, 0.15) is 33.1 Å². The summed E-state index contributed by atoms with van der Waals surface area (Å²) in [6.07, 6.45) is 2.78. The van der Waals surface area contributed by atoms with Gasteiger partial charge in [0, 0.05) is 13.2 Å². The Morgan fingerprint density at radius 1 is 1.47 bits per heavy atom. The monoisotopic (exact) mass is 240 g/mol. The van der Waals surface area contributed by atoms with Gasteiger partial charge >= 0.3 is 0 Å². The number of hydrogen-bond acceptors (Lipinski definition) is 3. The molecule has 5 nitrogen and oxygen atoms in total. The van der Waals surface area contributed by atoms with Crippen LogP contribution in [-0.4, -0.2) is 48.1 Å². The van der Waals surface area contributed by atoms with Crippen molar-refractivity contribution >= 4 is 11.8 Å². The lowest BCUT2D eigenvalue weighted by Crippen LogP contribution is -2.63. The SMILES string of the molecule is CCC1C(=O)NC(C)C(=O)N1CC1CCCO1. The van der Waals surface area contributed by atoms with Crippen LogP contribution in [0, 0.1) is 0 Å². The van der Waals surface area contributed by atoms with E-state index in [0.29, 0.717) is 13.0 Å². The Labute approximate surface area is 101 Å². The molecule has 5 heteroatoms. The first-order chi connectivity index (χ1) is 8.13. The molecule has 96 valence electrons. The molecule has 0 spiro atoms. The Balaban J connectivity index is 2.08. The molecule has 2 aliphatic rings. The molecule has 0 aromatic carbocycles. The van der Waals surface area contributed by atoms with Crippen LogP contribution in [-0.2, 0) is 14.3 Å². The van der Waals surface area contributed by atoms with E-state index in [1.54, 1.807) is 11.8 Å². The largest absolute Gasteiger partial charge is 0.376 e. The average molecular weight is 240 g/mol. The Hall–Kier alpha value is -1.10. The molecule has 0 aromatic rings. The third-order valence-electron chi connectivity index (χ3n) is 3.50. The highest BCUT2D eigenvalue weighted by molar-refractivity contribution is 5.96. The molecule has 1 N–H and O–H groups in total. The number of nitrogens with zero attached hydrogens (tertiary/aromatic N) is 1. The van der Waals surface area contributed by atoms with Gasteiger partial charge in [0.25, 0.3) is 0 Å². The Bertz CT molecular complexity index is 313. The second-order valence-corrected chi connectivity index (χ2v) is 4.78. The van der Waals surface area contributed by atoms with Gasteiger partial charge in [0.1, 0.15) is 12.1 Å². The summed E-state index contributed by atoms with van der Waals surface area (Å²) in [7, 11) is 0. The molecule has 2 saturated heterocycles. The molecular formula is C12H20N2O3. The molecule has 2 aliphatic heterocycles. The van der Waals surface area contributed by atoms with Gasteiger partial charge in [0.15, 0.2) is 0 Å². The zero-order chi connectivity index (χ0) is 12.4. The number of amides is 2. The Morgan fingerprint density at radius 3 is 2.82 bits per heavy atom. The molecule has 17 heavy (non-hydrogen) atoms. The highest BCUT2D eigenvalue weighted by atomic mass is 16.5. The first-order valence-corrected chi connectivity index (χ1v) is 6.36. The number of carbonyl (C=O) groups is 2. The summed E-state index contributed by atoms with van der Waals surface area (Å²) in [5, 5.41) is 2.71. The lowest BCUT2D eigenvalue weighted by Gasteiger charge is -2.38. The van der Waals surface area contributed by atoms with Crippen LogP contribution in [0.25, 0.3) is 0 Å². The highest BCUT2D eigenvalue weighted by Crippen LogP contribution is 2.19. The van der Waals surface area contributed by atoms with E-state index < -0.39 is 6.04 Å². The summed E-state index contributed by atoms with van der Waals surface area (Å²) in [6, 6.07) is -0.741. The van der Waals surface area contributed by atoms with Gasteiger partial charge in [-0.05, 0) is 26.2 Å². The number of ether oxygens (including phenoxy) is 1. The minimum atomic E-state index is -0.410. The zero-order valence-electron chi connectivity index (χ0n) is 10.4. The van der Waals surface area contributed by atoms with E-state index >= 15 is 0 Å². The second-order valence-electron chi connectivity index (χ2n) is 4.78. The minimum Gasteiger partial charge on any atom is -0.376 e. The van der Waals surface area contributed by atoms with E-state index in [-0.39, 0.29) is 24.0 Å². The standard InChI is InChI=1S/C12H20N2O3/c1-3-10-11(15)13-8(2)12(16)14(10)7-9-5-4-6-17-9/h8-10H,3-7H2,1-2H3,(H,13,15). The van der Waals surface area contributed by atoms with Crippen LogP contribution in [0.5, 0.6) is 0 Å². The summed E-state index contributed by atoms with van der Waals surface area (Å²) in [6.45, 7) is 4.98. The molecule has 2 amide bonds. The van der Waals surface area contributed by atoms with Crippen molar-refractivity contribution in [1.29, 1.82) is 0 Å². The van der Waals surface area contributed by atoms with E-state index in [9.17, 15) is 9.59 Å². The van der Waals surface area contributed by atoms with Crippen molar-refractivity contribution in [1.82, 2.24) is 10.2 Å². The maximum absolute atomic E-state index is 12.1. The van der Waals surface area contributed by atoms with E-state index in [1.165, 1.54) is 0 Å². The maximum Gasteiger partial charge on any atom is 0.245 e. The lowest BCUT2D eigenvalue weighted by atomic mass is 10.0. The third-order valence-corrected chi connectivity index (χ3v) is 3.50. The molecule has 2 fully saturated rings. The van der Waals surface area contributed by atoms with Crippen molar-refractivity contribution in [3.8, 4) is 0 Å². The Kier molecular flexibility index (Phi) is 3.66. The molecular weight excluding hydrogens is 220 g/mol. The zero-order valence-corrected chi connectivity index (χ0v) is 10.4. The average Bonchev–Trinajstić information content (AvgIpc) is 2.78. The van der Waals surface area contributed by atoms with Crippen LogP contribution in [0.3, 0.4) is 0 Å². The van der Waals surface area contributed by atoms with E-state index in [0.717, 1.165) is 19.4 Å². The molecule has 0 bridgehead atoms. The van der Waals surface area contributed by atoms with Gasteiger partial charge in [-0.2, -0.15) is 0 Å². The molecule has 3 atom stereocenters. The highest BCUT2D eigenvalue weighted by Gasteiger charge is 2.38. The first kappa shape index (κ1) is 12.4. The van der Waals surface area contributed by atoms with E-state index in [2.05, 4.69) is 5.32 Å². The third kappa shape index (κ3) is 2.44. The van der Waals surface area contributed by atoms with Gasteiger partial charge < -0.3 is 15.0 Å². The van der Waals surface area contributed by atoms with Crippen molar-refractivity contribution < 1.29 is 14.3 Å². The fourth-order valence-electron chi connectivity index (χ4n) is 2.55. The number of carbonyl (C=O) groups excluding carboxylic acids is 2. The second kappa shape index (κ2) is 5.04. The number of rotatable bonds is 3. The summed E-state index contributed by atoms with van der Waals surface area (Å²) in [5.41, 5.74) is 0. The predicted molar refractivity (Wildman–Crippen MR) is 62.4 cm³/mol. The summed E-state index contributed by atoms with van der Waals surface area (Å²) >= 11 is 0. The van der Waals surface area contributed by atoms with Crippen LogP contribution < -0.4 is 5.32 Å². The van der Waals surface area contributed by atoms with Crippen LogP contribution in [0.4, 0.5) is 0 Å². The summed E-state index contributed by atoms with van der Waals surface area (Å²) in [5.74, 6) is -0.0375. The fraction of sp³-hybridized carbons (Fsp3) is 0.833. The number of hydrogen-bond donors (Lipinski definition) is 1. The van der Waals surface area contributed by atoms with Gasteiger partial charge in [-0.15, -0.1) is 0 Å². The van der Waals surface area contributed by atoms with Crippen LogP contribution in [0.15, 0.2) is 0 Å². The molecule has 0 radical (unpaired) electrons. The van der Waals surface area contributed by atoms with Crippen LogP contribution in [0.2, 0.25) is 0 Å². The molecule has 0 saturated carbocycles. The van der Waals surface area contributed by atoms with Crippen molar-refractivity contribution in [2.45, 2.75) is 51.3 Å².